The summed E-state index contributed by atoms with van der Waals surface area (Å²) in [6.07, 6.45) is 1.08. The molecule has 0 bridgehead atoms. The van der Waals surface area contributed by atoms with Gasteiger partial charge in [0, 0.05) is 29.5 Å². The number of morpholine rings is 1. The summed E-state index contributed by atoms with van der Waals surface area (Å²) >= 11 is 6.07. The Balaban J connectivity index is 1.78. The average Bonchev–Trinajstić information content (AvgIpc) is 2.71. The highest BCUT2D eigenvalue weighted by Gasteiger charge is 2.30. The predicted molar refractivity (Wildman–Crippen MR) is 121 cm³/mol. The average molecular weight is 452 g/mol. The minimum atomic E-state index is -3.72. The van der Waals surface area contributed by atoms with E-state index in [-0.39, 0.29) is 0 Å². The highest BCUT2D eigenvalue weighted by atomic mass is 35.5. The minimum absolute atomic E-state index is 0.385. The zero-order valence-corrected chi connectivity index (χ0v) is 18.8. The number of aryl methyl sites for hydroxylation is 1. The molecule has 0 spiro atoms. The zero-order chi connectivity index (χ0) is 21.9. The Labute approximate surface area is 182 Å². The van der Waals surface area contributed by atoms with Crippen molar-refractivity contribution in [1.29, 1.82) is 0 Å². The van der Waals surface area contributed by atoms with E-state index in [4.69, 9.17) is 16.3 Å². The van der Waals surface area contributed by atoms with Gasteiger partial charge in [0.2, 0.25) is 15.9 Å². The van der Waals surface area contributed by atoms with Gasteiger partial charge < -0.3 is 15.0 Å². The van der Waals surface area contributed by atoms with Gasteiger partial charge in [0.15, 0.2) is 0 Å². The molecule has 0 aliphatic carbocycles. The number of rotatable bonds is 6. The first-order valence-corrected chi connectivity index (χ1v) is 11.9. The molecule has 1 amide bonds. The number of halogens is 1. The minimum Gasteiger partial charge on any atom is -0.378 e. The van der Waals surface area contributed by atoms with Crippen LogP contribution >= 0.6 is 11.6 Å². The fourth-order valence-corrected chi connectivity index (χ4v) is 4.82. The van der Waals surface area contributed by atoms with Crippen molar-refractivity contribution in [2.24, 2.45) is 0 Å². The summed E-state index contributed by atoms with van der Waals surface area (Å²) in [5.74, 6) is -0.432. The van der Waals surface area contributed by atoms with Crippen molar-refractivity contribution in [2.45, 2.75) is 19.9 Å². The highest BCUT2D eigenvalue weighted by molar-refractivity contribution is 7.92. The number of sulfonamides is 1. The number of carbonyl (C=O) groups is 1. The second kappa shape index (κ2) is 9.24. The SMILES string of the molecule is Cc1ccc(Cl)cc1N(C(C)C(=O)Nc1ccc(N2CCOCC2)cc1)S(C)(=O)=O. The van der Waals surface area contributed by atoms with Gasteiger partial charge in [-0.2, -0.15) is 0 Å². The molecule has 162 valence electrons. The van der Waals surface area contributed by atoms with Gasteiger partial charge in [-0.15, -0.1) is 0 Å². The number of nitrogens with zero attached hydrogens (tertiary/aromatic N) is 2. The second-order valence-electron chi connectivity index (χ2n) is 7.30. The number of benzene rings is 2. The van der Waals surface area contributed by atoms with Crippen LogP contribution < -0.4 is 14.5 Å². The molecule has 30 heavy (non-hydrogen) atoms. The highest BCUT2D eigenvalue weighted by Crippen LogP contribution is 2.29. The van der Waals surface area contributed by atoms with Crippen LogP contribution in [0.1, 0.15) is 12.5 Å². The van der Waals surface area contributed by atoms with Gasteiger partial charge in [0.05, 0.1) is 25.2 Å². The van der Waals surface area contributed by atoms with Crippen molar-refractivity contribution < 1.29 is 17.9 Å². The number of anilines is 3. The largest absolute Gasteiger partial charge is 0.378 e. The number of amides is 1. The molecule has 1 aliphatic heterocycles. The number of hydrogen-bond donors (Lipinski definition) is 1. The molecule has 0 radical (unpaired) electrons. The number of nitrogens with one attached hydrogen (secondary N) is 1. The second-order valence-corrected chi connectivity index (χ2v) is 9.60. The molecule has 0 saturated carbocycles. The van der Waals surface area contributed by atoms with Crippen LogP contribution in [0.15, 0.2) is 42.5 Å². The van der Waals surface area contributed by atoms with E-state index in [9.17, 15) is 13.2 Å². The summed E-state index contributed by atoms with van der Waals surface area (Å²) in [5.41, 5.74) is 2.74. The lowest BCUT2D eigenvalue weighted by atomic mass is 10.1. The van der Waals surface area contributed by atoms with Crippen LogP contribution in [0.3, 0.4) is 0 Å². The molecular formula is C21H26ClN3O4S. The first-order valence-electron chi connectivity index (χ1n) is 9.66. The Bertz CT molecular complexity index is 1010. The molecule has 1 aliphatic rings. The lowest BCUT2D eigenvalue weighted by Gasteiger charge is -2.30. The van der Waals surface area contributed by atoms with Crippen LogP contribution in [0.2, 0.25) is 5.02 Å². The Morgan fingerprint density at radius 2 is 1.80 bits per heavy atom. The maximum atomic E-state index is 12.9. The smallest absolute Gasteiger partial charge is 0.247 e. The standard InChI is InChI=1S/C21H26ClN3O4S/c1-15-4-5-17(22)14-20(15)25(30(3,27)28)16(2)21(26)23-18-6-8-19(9-7-18)24-10-12-29-13-11-24/h4-9,14,16H,10-13H2,1-3H3,(H,23,26). The van der Waals surface area contributed by atoms with Gasteiger partial charge >= 0.3 is 0 Å². The Hall–Kier alpha value is -2.29. The van der Waals surface area contributed by atoms with E-state index in [0.717, 1.165) is 29.3 Å². The molecule has 0 aromatic heterocycles. The van der Waals surface area contributed by atoms with E-state index < -0.39 is 22.0 Å². The monoisotopic (exact) mass is 451 g/mol. The molecule has 1 saturated heterocycles. The predicted octanol–water partition coefficient (Wildman–Crippen LogP) is 3.28. The molecule has 3 rings (SSSR count). The zero-order valence-electron chi connectivity index (χ0n) is 17.3. The Morgan fingerprint density at radius 1 is 1.17 bits per heavy atom. The summed E-state index contributed by atoms with van der Waals surface area (Å²) in [5, 5.41) is 3.21. The normalized spacial score (nSPS) is 15.5. The molecular weight excluding hydrogens is 426 g/mol. The van der Waals surface area contributed by atoms with Gasteiger partial charge in [-0.25, -0.2) is 8.42 Å². The van der Waals surface area contributed by atoms with Crippen LogP contribution in [-0.2, 0) is 19.6 Å². The van der Waals surface area contributed by atoms with Gasteiger partial charge in [0.1, 0.15) is 6.04 Å². The Kier molecular flexibility index (Phi) is 6.90. The molecule has 9 heteroatoms. The lowest BCUT2D eigenvalue weighted by molar-refractivity contribution is -0.116. The van der Waals surface area contributed by atoms with E-state index in [1.54, 1.807) is 32.0 Å². The van der Waals surface area contributed by atoms with Crippen molar-refractivity contribution in [3.63, 3.8) is 0 Å². The maximum Gasteiger partial charge on any atom is 0.247 e. The van der Waals surface area contributed by atoms with Gasteiger partial charge in [-0.3, -0.25) is 9.10 Å². The molecule has 1 unspecified atom stereocenters. The summed E-state index contributed by atoms with van der Waals surface area (Å²) < 4.78 is 31.5. The lowest BCUT2D eigenvalue weighted by Crippen LogP contribution is -2.45. The van der Waals surface area contributed by atoms with Crippen LogP contribution in [0.25, 0.3) is 0 Å². The molecule has 1 fully saturated rings. The van der Waals surface area contributed by atoms with Crippen molar-refractivity contribution >= 4 is 44.6 Å². The van der Waals surface area contributed by atoms with Crippen molar-refractivity contribution in [3.05, 3.63) is 53.1 Å². The van der Waals surface area contributed by atoms with E-state index >= 15 is 0 Å². The molecule has 1 atom stereocenters. The van der Waals surface area contributed by atoms with Crippen molar-refractivity contribution in [1.82, 2.24) is 0 Å². The quantitative estimate of drug-likeness (QED) is 0.729. The van der Waals surface area contributed by atoms with E-state index in [0.29, 0.717) is 35.2 Å². The van der Waals surface area contributed by atoms with Gasteiger partial charge in [-0.1, -0.05) is 17.7 Å². The van der Waals surface area contributed by atoms with Crippen LogP contribution in [0, 0.1) is 6.92 Å². The summed E-state index contributed by atoms with van der Waals surface area (Å²) in [6, 6.07) is 11.5. The third-order valence-corrected chi connectivity index (χ3v) is 6.47. The maximum absolute atomic E-state index is 12.9. The topological polar surface area (TPSA) is 79.0 Å². The summed E-state index contributed by atoms with van der Waals surface area (Å²) in [7, 11) is -3.72. The molecule has 7 nitrogen and oxygen atoms in total. The molecule has 2 aromatic rings. The van der Waals surface area contributed by atoms with Crippen molar-refractivity contribution in [3.8, 4) is 0 Å². The molecule has 1 N–H and O–H groups in total. The van der Waals surface area contributed by atoms with Gasteiger partial charge in [-0.05, 0) is 55.8 Å². The number of ether oxygens (including phenoxy) is 1. The van der Waals surface area contributed by atoms with Crippen LogP contribution in [0.5, 0.6) is 0 Å². The fourth-order valence-electron chi connectivity index (χ4n) is 3.42. The fraction of sp³-hybridized carbons (Fsp3) is 0.381. The number of hydrogen-bond acceptors (Lipinski definition) is 5. The summed E-state index contributed by atoms with van der Waals surface area (Å²) in [6.45, 7) is 6.37. The Morgan fingerprint density at radius 3 is 2.40 bits per heavy atom. The van der Waals surface area contributed by atoms with Crippen LogP contribution in [-0.4, -0.2) is 52.9 Å². The van der Waals surface area contributed by atoms with Gasteiger partial charge in [0.25, 0.3) is 0 Å². The third kappa shape index (κ3) is 5.24. The number of carbonyl (C=O) groups excluding carboxylic acids is 1. The summed E-state index contributed by atoms with van der Waals surface area (Å²) in [4.78, 5) is 15.1. The van der Waals surface area contributed by atoms with E-state index in [2.05, 4.69) is 10.2 Å². The van der Waals surface area contributed by atoms with Crippen LogP contribution in [0.4, 0.5) is 17.1 Å². The third-order valence-electron chi connectivity index (χ3n) is 5.01. The van der Waals surface area contributed by atoms with E-state index in [1.165, 1.54) is 0 Å². The van der Waals surface area contributed by atoms with Crippen molar-refractivity contribution in [2.75, 3.05) is 47.1 Å². The molecule has 1 heterocycles. The molecule has 2 aromatic carbocycles. The first-order chi connectivity index (χ1) is 14.2. The van der Waals surface area contributed by atoms with E-state index in [1.807, 2.05) is 24.3 Å². The first kappa shape index (κ1) is 22.4.